The van der Waals surface area contributed by atoms with Crippen LogP contribution < -0.4 is 0 Å². The average molecular weight is 1060 g/mol. The van der Waals surface area contributed by atoms with Crippen LogP contribution in [0, 0.1) is 47.3 Å². The Kier molecular flexibility index (Phi) is 25.6. The number of hydrogen-bond acceptors (Lipinski definition) is 18. The van der Waals surface area contributed by atoms with Gasteiger partial charge in [0.15, 0.2) is 24.2 Å². The van der Waals surface area contributed by atoms with E-state index in [0.717, 1.165) is 12.7 Å². The lowest BCUT2D eigenvalue weighted by atomic mass is 9.75. The highest BCUT2D eigenvalue weighted by Crippen LogP contribution is 2.46. The minimum absolute atomic E-state index is 0.00108. The maximum atomic E-state index is 13.6. The summed E-state index contributed by atoms with van der Waals surface area (Å²) < 4.78 is 56.0. The number of esters is 1. The van der Waals surface area contributed by atoms with Crippen molar-refractivity contribution in [2.45, 2.75) is 257 Å². The molecular weight excluding hydrogens is 961 g/mol. The van der Waals surface area contributed by atoms with Crippen LogP contribution in [0.25, 0.3) is 0 Å². The molecule has 0 aromatic rings. The fourth-order valence-electron chi connectivity index (χ4n) is 12.4. The third kappa shape index (κ3) is 16.1. The van der Waals surface area contributed by atoms with Crippen molar-refractivity contribution in [3.63, 3.8) is 0 Å². The molecule has 0 aromatic carbocycles. The van der Waals surface area contributed by atoms with Crippen molar-refractivity contribution in [1.29, 1.82) is 0 Å². The maximum Gasteiger partial charge on any atom is 0.331 e. The van der Waals surface area contributed by atoms with Gasteiger partial charge < -0.3 is 83.2 Å². The lowest BCUT2D eigenvalue weighted by Gasteiger charge is -2.52. The van der Waals surface area contributed by atoms with Crippen LogP contribution in [0.15, 0.2) is 24.3 Å². The number of rotatable bonds is 27. The zero-order valence-electron chi connectivity index (χ0n) is 46.9. The van der Waals surface area contributed by atoms with Crippen molar-refractivity contribution < 1.29 is 88.0 Å². The SMILES string of the molecule is CC[C@@H]1[C@@H](C)O[C@@](O)([C@@H](C)C(O)[C@H](C)[C@@H](OC(=O)/C=C/C=C/[C@H](C)[C@H](OC)[C@@H](C)[C@@H](O)[C@H](C)[C@@]2(OC)CC(O[C@H]3C[C@H](O)[C@H](O)[C@H](C)O3)[C@H](CC)[C@@H](C)O2)[C@@H](C)CCCCC=O)C[C@H]1OC1C[C@H](O)[C@H](O)[C@H](C)O1. The monoisotopic (exact) mass is 1060 g/mol. The first-order valence-electron chi connectivity index (χ1n) is 27.7. The topological polar surface area (TPSA) is 259 Å². The van der Waals surface area contributed by atoms with Gasteiger partial charge in [-0.1, -0.05) is 80.0 Å². The summed E-state index contributed by atoms with van der Waals surface area (Å²) in [6, 6.07) is 0. The summed E-state index contributed by atoms with van der Waals surface area (Å²) >= 11 is 0. The van der Waals surface area contributed by atoms with Crippen molar-refractivity contribution in [3.05, 3.63) is 24.3 Å². The van der Waals surface area contributed by atoms with Crippen LogP contribution in [-0.2, 0) is 52.2 Å². The van der Waals surface area contributed by atoms with Gasteiger partial charge in [0, 0.05) is 93.8 Å². The number of ether oxygens (including phenoxy) is 9. The summed E-state index contributed by atoms with van der Waals surface area (Å²) in [6.07, 6.45) is -0.455. The summed E-state index contributed by atoms with van der Waals surface area (Å²) in [5, 5.41) is 77.8. The molecule has 0 spiro atoms. The molecule has 4 fully saturated rings. The third-order valence-corrected chi connectivity index (χ3v) is 17.3. The fourth-order valence-corrected chi connectivity index (χ4v) is 12.4. The van der Waals surface area contributed by atoms with E-state index in [1.807, 2.05) is 54.5 Å². The molecule has 0 saturated carbocycles. The number of carbonyl (C=O) groups is 2. The highest BCUT2D eigenvalue weighted by Gasteiger charge is 2.55. The van der Waals surface area contributed by atoms with Gasteiger partial charge in [-0.25, -0.2) is 4.79 Å². The molecular formula is C56H98O18. The summed E-state index contributed by atoms with van der Waals surface area (Å²) in [4.78, 5) is 24.7. The van der Waals surface area contributed by atoms with Gasteiger partial charge in [-0.2, -0.15) is 0 Å². The fraction of sp³-hybridized carbons (Fsp3) is 0.893. The first kappa shape index (κ1) is 64.5. The zero-order valence-corrected chi connectivity index (χ0v) is 46.9. The number of aliphatic hydroxyl groups excluding tert-OH is 6. The Labute approximate surface area is 441 Å². The lowest BCUT2D eigenvalue weighted by Crippen LogP contribution is -2.60. The number of carbonyl (C=O) groups excluding carboxylic acids is 2. The third-order valence-electron chi connectivity index (χ3n) is 17.3. The van der Waals surface area contributed by atoms with E-state index in [9.17, 15) is 45.3 Å². The Morgan fingerprint density at radius 1 is 0.703 bits per heavy atom. The second kappa shape index (κ2) is 29.3. The Bertz CT molecular complexity index is 1710. The predicted molar refractivity (Wildman–Crippen MR) is 275 cm³/mol. The number of aldehydes is 1. The summed E-state index contributed by atoms with van der Waals surface area (Å²) in [5.74, 6) is -6.88. The van der Waals surface area contributed by atoms with Gasteiger partial charge in [0.2, 0.25) is 0 Å². The molecule has 18 heteroatoms. The van der Waals surface area contributed by atoms with Crippen LogP contribution >= 0.6 is 0 Å². The number of unbranched alkanes of at least 4 members (excludes halogenated alkanes) is 2. The number of methoxy groups -OCH3 is 2. The molecule has 7 N–H and O–H groups in total. The second-order valence-electron chi connectivity index (χ2n) is 22.4. The molecule has 4 rings (SSSR count). The molecule has 0 bridgehead atoms. The van der Waals surface area contributed by atoms with Crippen molar-refractivity contribution in [2.24, 2.45) is 47.3 Å². The van der Waals surface area contributed by atoms with E-state index in [2.05, 4.69) is 6.92 Å². The Hall–Kier alpha value is -1.98. The molecule has 26 atom stereocenters. The van der Waals surface area contributed by atoms with Crippen LogP contribution in [0.3, 0.4) is 0 Å². The smallest absolute Gasteiger partial charge is 0.331 e. The van der Waals surface area contributed by atoms with E-state index >= 15 is 0 Å². The molecule has 0 aromatic heterocycles. The minimum Gasteiger partial charge on any atom is -0.459 e. The normalized spacial score (nSPS) is 39.4. The van der Waals surface area contributed by atoms with Crippen LogP contribution in [0.2, 0.25) is 0 Å². The van der Waals surface area contributed by atoms with Gasteiger partial charge in [-0.3, -0.25) is 0 Å². The summed E-state index contributed by atoms with van der Waals surface area (Å²) in [5.41, 5.74) is 0. The molecule has 3 unspecified atom stereocenters. The predicted octanol–water partition coefficient (Wildman–Crippen LogP) is 5.51. The van der Waals surface area contributed by atoms with E-state index in [1.54, 1.807) is 54.1 Å². The zero-order chi connectivity index (χ0) is 55.4. The largest absolute Gasteiger partial charge is 0.459 e. The molecule has 74 heavy (non-hydrogen) atoms. The molecule has 0 radical (unpaired) electrons. The molecule has 4 aliphatic heterocycles. The van der Waals surface area contributed by atoms with Gasteiger partial charge in [-0.15, -0.1) is 0 Å². The van der Waals surface area contributed by atoms with E-state index < -0.39 is 133 Å². The molecule has 4 aliphatic rings. The average Bonchev–Trinajstić information content (AvgIpc) is 3.35. The van der Waals surface area contributed by atoms with E-state index in [1.165, 1.54) is 6.08 Å². The van der Waals surface area contributed by atoms with Gasteiger partial charge >= 0.3 is 5.97 Å². The molecule has 4 saturated heterocycles. The molecule has 430 valence electrons. The number of hydrogen-bond donors (Lipinski definition) is 7. The summed E-state index contributed by atoms with van der Waals surface area (Å²) in [6.45, 7) is 22.4. The first-order chi connectivity index (χ1) is 34.8. The van der Waals surface area contributed by atoms with Crippen LogP contribution in [0.5, 0.6) is 0 Å². The van der Waals surface area contributed by atoms with E-state index in [0.29, 0.717) is 32.1 Å². The highest BCUT2D eigenvalue weighted by molar-refractivity contribution is 5.82. The van der Waals surface area contributed by atoms with Crippen molar-refractivity contribution in [3.8, 4) is 0 Å². The number of aliphatic hydroxyl groups is 7. The standard InChI is InChI=1S/C56H98O18/c1-15-40-36(9)73-55(65,28-44(40)70-47-26-42(58)51(63)38(11)68-47)34(7)49(61)33(6)54(31(4)22-18-17-21-25-57)72-46(60)24-20-19-23-30(3)53(66-13)32(5)50(62)35(8)56(67-14)29-45(41(16-2)37(10)74-56)71-48-27-43(59)52(64)39(12)69-48/h19-20,23-25,30-45,47-54,58-59,61-65H,15-18,21-22,26-29H2,1-14H3/b23-19+,24-20+/t30-,31-,32-,33-,34-,35-,36+,37+,38-,39-,40+,41+,42-,43-,44+,45?,47?,48-,49?,50+,51+,52+,53-,54-,55+,56+/m0/s1. The van der Waals surface area contributed by atoms with Crippen molar-refractivity contribution >= 4 is 12.3 Å². The Balaban J connectivity index is 1.44. The van der Waals surface area contributed by atoms with Gasteiger partial charge in [0.05, 0.1) is 67.1 Å². The maximum absolute atomic E-state index is 13.6. The highest BCUT2D eigenvalue weighted by atomic mass is 16.7. The quantitative estimate of drug-likeness (QED) is 0.0176. The summed E-state index contributed by atoms with van der Waals surface area (Å²) in [7, 11) is 3.15. The van der Waals surface area contributed by atoms with Crippen LogP contribution in [0.4, 0.5) is 0 Å². The van der Waals surface area contributed by atoms with Crippen molar-refractivity contribution in [1.82, 2.24) is 0 Å². The van der Waals surface area contributed by atoms with Gasteiger partial charge in [-0.05, 0) is 59.3 Å². The van der Waals surface area contributed by atoms with Crippen LogP contribution in [0.1, 0.15) is 147 Å². The molecule has 0 amide bonds. The van der Waals surface area contributed by atoms with Gasteiger partial charge in [0.25, 0.3) is 0 Å². The molecule has 0 aliphatic carbocycles. The Morgan fingerprint density at radius 3 is 1.72 bits per heavy atom. The minimum atomic E-state index is -1.85. The van der Waals surface area contributed by atoms with E-state index in [-0.39, 0.29) is 55.5 Å². The molecule has 18 nitrogen and oxygen atoms in total. The van der Waals surface area contributed by atoms with Gasteiger partial charge in [0.1, 0.15) is 24.6 Å². The van der Waals surface area contributed by atoms with E-state index in [4.69, 9.17) is 42.6 Å². The van der Waals surface area contributed by atoms with Crippen molar-refractivity contribution in [2.75, 3.05) is 14.2 Å². The van der Waals surface area contributed by atoms with Crippen LogP contribution in [-0.4, -0.2) is 172 Å². The first-order valence-corrected chi connectivity index (χ1v) is 27.7. The second-order valence-corrected chi connectivity index (χ2v) is 22.4. The molecule has 4 heterocycles. The lowest BCUT2D eigenvalue weighted by molar-refractivity contribution is -0.352. The Morgan fingerprint density at radius 2 is 1.22 bits per heavy atom. The number of allylic oxidation sites excluding steroid dienone is 2.